The number of aromatic amines is 1. The first-order valence-corrected chi connectivity index (χ1v) is 9.07. The van der Waals surface area contributed by atoms with Crippen LogP contribution < -0.4 is 16.0 Å². The van der Waals surface area contributed by atoms with Gasteiger partial charge in [0, 0.05) is 12.6 Å². The second-order valence-corrected chi connectivity index (χ2v) is 7.76. The number of H-pyrrole nitrogens is 1. The van der Waals surface area contributed by atoms with Crippen LogP contribution >= 0.6 is 11.3 Å². The van der Waals surface area contributed by atoms with Crippen LogP contribution in [0.5, 0.6) is 0 Å². The zero-order valence-electron chi connectivity index (χ0n) is 12.7. The summed E-state index contributed by atoms with van der Waals surface area (Å²) in [5, 5.41) is 7.37. The van der Waals surface area contributed by atoms with Crippen molar-refractivity contribution in [2.75, 3.05) is 5.73 Å². The number of thiazole rings is 1. The molecule has 2 aromatic heterocycles. The third-order valence-corrected chi connectivity index (χ3v) is 5.50. The van der Waals surface area contributed by atoms with E-state index in [0.717, 1.165) is 5.69 Å². The largest absolute Gasteiger partial charge is 0.382 e. The third kappa shape index (κ3) is 2.96. The quantitative estimate of drug-likeness (QED) is 0.505. The molecule has 2 heterocycles. The van der Waals surface area contributed by atoms with Crippen LogP contribution in [0.15, 0.2) is 23.1 Å². The van der Waals surface area contributed by atoms with Gasteiger partial charge in [-0.15, -0.1) is 16.2 Å². The summed E-state index contributed by atoms with van der Waals surface area (Å²) in [6.07, 6.45) is 0. The van der Waals surface area contributed by atoms with E-state index < -0.39 is 15.9 Å². The number of benzene rings is 1. The number of carbonyl (C=O) groups excluding carboxylic acids is 1. The average molecular weight is 366 g/mol. The van der Waals surface area contributed by atoms with Crippen LogP contribution in [0.25, 0.3) is 20.8 Å². The van der Waals surface area contributed by atoms with Crippen LogP contribution in [-0.4, -0.2) is 29.5 Å². The lowest BCUT2D eigenvalue weighted by molar-refractivity contribution is -0.119. The summed E-state index contributed by atoms with van der Waals surface area (Å²) in [4.78, 5) is 17.4. The van der Waals surface area contributed by atoms with Crippen molar-refractivity contribution in [1.82, 2.24) is 25.4 Å². The van der Waals surface area contributed by atoms with E-state index in [1.54, 1.807) is 6.07 Å². The van der Waals surface area contributed by atoms with Gasteiger partial charge in [-0.05, 0) is 25.1 Å². The zero-order chi connectivity index (χ0) is 17.5. The van der Waals surface area contributed by atoms with Crippen LogP contribution in [0.3, 0.4) is 0 Å². The van der Waals surface area contributed by atoms with Gasteiger partial charge in [-0.1, -0.05) is 0 Å². The summed E-state index contributed by atoms with van der Waals surface area (Å²) >= 11 is 1.31. The molecule has 0 saturated carbocycles. The molecule has 5 N–H and O–H groups in total. The molecule has 0 spiro atoms. The van der Waals surface area contributed by atoms with Crippen LogP contribution in [-0.2, 0) is 14.8 Å². The van der Waals surface area contributed by atoms with Gasteiger partial charge in [-0.3, -0.25) is 15.3 Å². The summed E-state index contributed by atoms with van der Waals surface area (Å²) in [6.45, 7) is 3.04. The number of nitrogens with zero attached hydrogens (tertiary/aromatic N) is 2. The second kappa shape index (κ2) is 5.85. The molecule has 0 aliphatic heterocycles. The molecule has 11 heteroatoms. The minimum atomic E-state index is -3.85. The van der Waals surface area contributed by atoms with Gasteiger partial charge in [-0.2, -0.15) is 5.10 Å². The number of sulfonamides is 1. The van der Waals surface area contributed by atoms with Crippen molar-refractivity contribution in [3.63, 3.8) is 0 Å². The number of amides is 1. The first-order valence-electron chi connectivity index (χ1n) is 6.78. The molecule has 3 aromatic rings. The van der Waals surface area contributed by atoms with Crippen molar-refractivity contribution < 1.29 is 13.2 Å². The Morgan fingerprint density at radius 1 is 1.38 bits per heavy atom. The molecule has 0 atom stereocenters. The summed E-state index contributed by atoms with van der Waals surface area (Å²) in [5.74, 6) is -0.169. The van der Waals surface area contributed by atoms with E-state index in [9.17, 15) is 13.2 Å². The second-order valence-electron chi connectivity index (χ2n) is 5.04. The highest BCUT2D eigenvalue weighted by Gasteiger charge is 2.18. The molecule has 0 aliphatic rings. The Morgan fingerprint density at radius 3 is 2.75 bits per heavy atom. The van der Waals surface area contributed by atoms with Crippen LogP contribution in [0.2, 0.25) is 0 Å². The van der Waals surface area contributed by atoms with Crippen LogP contribution in [0, 0.1) is 6.92 Å². The molecule has 1 aromatic carbocycles. The van der Waals surface area contributed by atoms with Crippen LogP contribution in [0.1, 0.15) is 12.6 Å². The summed E-state index contributed by atoms with van der Waals surface area (Å²) < 4.78 is 25.0. The number of nitrogen functional groups attached to an aromatic ring is 1. The number of nitrogens with one attached hydrogen (secondary N) is 3. The SMILES string of the molecule is CC(=O)NNS(=O)(=O)c1ccc2nc(-c3c(N)n[nH]c3C)sc2c1. The Hall–Kier alpha value is -2.50. The van der Waals surface area contributed by atoms with Crippen molar-refractivity contribution in [3.05, 3.63) is 23.9 Å². The normalized spacial score (nSPS) is 11.8. The van der Waals surface area contributed by atoms with E-state index in [1.165, 1.54) is 30.4 Å². The van der Waals surface area contributed by atoms with E-state index >= 15 is 0 Å². The minimum Gasteiger partial charge on any atom is -0.382 e. The first kappa shape index (κ1) is 16.4. The molecular formula is C13H14N6O3S2. The Morgan fingerprint density at radius 2 is 2.12 bits per heavy atom. The zero-order valence-corrected chi connectivity index (χ0v) is 14.4. The Labute approximate surface area is 141 Å². The number of hydrazine groups is 1. The maximum absolute atomic E-state index is 12.1. The highest BCUT2D eigenvalue weighted by molar-refractivity contribution is 7.89. The number of nitrogens with two attached hydrogens (primary N) is 1. The van der Waals surface area contributed by atoms with E-state index in [2.05, 4.69) is 20.6 Å². The average Bonchev–Trinajstić information content (AvgIpc) is 3.07. The van der Waals surface area contributed by atoms with Crippen molar-refractivity contribution in [1.29, 1.82) is 0 Å². The van der Waals surface area contributed by atoms with Crippen molar-refractivity contribution in [2.45, 2.75) is 18.7 Å². The monoisotopic (exact) mass is 366 g/mol. The van der Waals surface area contributed by atoms with Crippen LogP contribution in [0.4, 0.5) is 5.82 Å². The van der Waals surface area contributed by atoms with Gasteiger partial charge in [0.05, 0.1) is 20.7 Å². The molecular weight excluding hydrogens is 352 g/mol. The summed E-state index contributed by atoms with van der Waals surface area (Å²) in [7, 11) is -3.85. The summed E-state index contributed by atoms with van der Waals surface area (Å²) in [5.41, 5.74) is 10.0. The highest BCUT2D eigenvalue weighted by Crippen LogP contribution is 2.35. The maximum Gasteiger partial charge on any atom is 0.257 e. The van der Waals surface area contributed by atoms with Gasteiger partial charge in [0.15, 0.2) is 5.82 Å². The van der Waals surface area contributed by atoms with Gasteiger partial charge < -0.3 is 5.73 Å². The molecule has 0 bridgehead atoms. The fourth-order valence-electron chi connectivity index (χ4n) is 2.09. The van der Waals surface area contributed by atoms with E-state index in [-0.39, 0.29) is 4.90 Å². The molecule has 0 saturated heterocycles. The third-order valence-electron chi connectivity index (χ3n) is 3.22. The van der Waals surface area contributed by atoms with Gasteiger partial charge >= 0.3 is 0 Å². The number of aryl methyl sites for hydroxylation is 1. The van der Waals surface area contributed by atoms with Gasteiger partial charge in [0.1, 0.15) is 5.01 Å². The molecule has 0 unspecified atom stereocenters. The fraction of sp³-hybridized carbons (Fsp3) is 0.154. The molecule has 0 aliphatic carbocycles. The van der Waals surface area contributed by atoms with Crippen molar-refractivity contribution in [3.8, 4) is 10.6 Å². The molecule has 3 rings (SSSR count). The molecule has 24 heavy (non-hydrogen) atoms. The number of aromatic nitrogens is 3. The Kier molecular flexibility index (Phi) is 3.99. The van der Waals surface area contributed by atoms with Gasteiger partial charge in [0.2, 0.25) is 5.91 Å². The number of hydrogen-bond acceptors (Lipinski definition) is 7. The first-order chi connectivity index (χ1) is 11.3. The minimum absolute atomic E-state index is 0.0239. The lowest BCUT2D eigenvalue weighted by Gasteiger charge is -2.06. The van der Waals surface area contributed by atoms with E-state index in [1.807, 2.05) is 11.8 Å². The number of anilines is 1. The lowest BCUT2D eigenvalue weighted by atomic mass is 10.2. The fourth-order valence-corrected chi connectivity index (χ4v) is 4.20. The highest BCUT2D eigenvalue weighted by atomic mass is 32.2. The molecule has 1 amide bonds. The number of rotatable bonds is 4. The van der Waals surface area contributed by atoms with E-state index in [4.69, 9.17) is 5.73 Å². The number of carbonyl (C=O) groups is 1. The Balaban J connectivity index is 2.02. The number of fused-ring (bicyclic) bond motifs is 1. The molecule has 9 nitrogen and oxygen atoms in total. The Bertz CT molecular complexity index is 1020. The molecule has 0 fully saturated rings. The topological polar surface area (TPSA) is 143 Å². The molecule has 0 radical (unpaired) electrons. The molecule has 126 valence electrons. The van der Waals surface area contributed by atoms with Crippen molar-refractivity contribution >= 4 is 43.3 Å². The number of hydrogen-bond donors (Lipinski definition) is 4. The predicted octanol–water partition coefficient (Wildman–Crippen LogP) is 0.906. The maximum atomic E-state index is 12.1. The standard InChI is InChI=1S/C13H14N6O3S2/c1-6-11(12(14)18-16-6)13-15-9-4-3-8(5-10(9)23-13)24(21,22)19-17-7(2)20/h3-5,19H,1-2H3,(H,17,20)(H3,14,16,18). The van der Waals surface area contributed by atoms with Gasteiger partial charge in [0.25, 0.3) is 10.0 Å². The van der Waals surface area contributed by atoms with Gasteiger partial charge in [-0.25, -0.2) is 13.4 Å². The van der Waals surface area contributed by atoms with Crippen molar-refractivity contribution in [2.24, 2.45) is 0 Å². The summed E-state index contributed by atoms with van der Waals surface area (Å²) in [6, 6.07) is 4.51. The van der Waals surface area contributed by atoms with E-state index in [0.29, 0.717) is 26.6 Å². The predicted molar refractivity (Wildman–Crippen MR) is 90.5 cm³/mol. The lowest BCUT2D eigenvalue weighted by Crippen LogP contribution is -2.40. The smallest absolute Gasteiger partial charge is 0.257 e.